The van der Waals surface area contributed by atoms with Gasteiger partial charge in [0.1, 0.15) is 0 Å². The van der Waals surface area contributed by atoms with Gasteiger partial charge in [0.25, 0.3) is 0 Å². The smallest absolute Gasteiger partial charge is 0.211 e. The molecule has 1 aromatic heterocycles. The van der Waals surface area contributed by atoms with Crippen LogP contribution in [-0.2, 0) is 0 Å². The van der Waals surface area contributed by atoms with Gasteiger partial charge in [-0.1, -0.05) is 0 Å². The van der Waals surface area contributed by atoms with Gasteiger partial charge in [0.2, 0.25) is 5.78 Å². The molecule has 0 radical (unpaired) electrons. The Bertz CT molecular complexity index is 276. The predicted molar refractivity (Wildman–Crippen MR) is 56.6 cm³/mol. The summed E-state index contributed by atoms with van der Waals surface area (Å²) in [7, 11) is 0. The first-order valence-corrected chi connectivity index (χ1v) is 6.35. The van der Waals surface area contributed by atoms with Gasteiger partial charge in [-0.25, -0.2) is 0 Å². The maximum absolute atomic E-state index is 11.7. The van der Waals surface area contributed by atoms with E-state index in [9.17, 15) is 4.79 Å². The van der Waals surface area contributed by atoms with E-state index in [1.54, 1.807) is 30.2 Å². The molecule has 70 valence electrons. The summed E-state index contributed by atoms with van der Waals surface area (Å²) >= 11 is 3.58. The first-order chi connectivity index (χ1) is 6.38. The molecule has 1 atom stereocenters. The van der Waals surface area contributed by atoms with E-state index in [0.29, 0.717) is 5.76 Å². The molecule has 2 heterocycles. The van der Waals surface area contributed by atoms with Crippen LogP contribution in [-0.4, -0.2) is 28.3 Å². The Morgan fingerprint density at radius 3 is 3.08 bits per heavy atom. The van der Waals surface area contributed by atoms with Gasteiger partial charge in [0.05, 0.1) is 11.5 Å². The van der Waals surface area contributed by atoms with Gasteiger partial charge in [-0.15, -0.1) is 11.8 Å². The molecule has 0 bridgehead atoms. The molecule has 0 N–H and O–H groups in total. The van der Waals surface area contributed by atoms with Crippen LogP contribution in [0.3, 0.4) is 0 Å². The lowest BCUT2D eigenvalue weighted by atomic mass is 10.2. The molecular weight excluding hydrogens is 204 g/mol. The highest BCUT2D eigenvalue weighted by Gasteiger charge is 2.24. The van der Waals surface area contributed by atoms with E-state index < -0.39 is 0 Å². The summed E-state index contributed by atoms with van der Waals surface area (Å²) in [5.41, 5.74) is 0. The molecule has 1 fully saturated rings. The normalized spacial score (nSPS) is 22.9. The summed E-state index contributed by atoms with van der Waals surface area (Å²) in [5, 5.41) is 0.102. The third kappa shape index (κ3) is 2.11. The minimum Gasteiger partial charge on any atom is -0.461 e. The van der Waals surface area contributed by atoms with Gasteiger partial charge >= 0.3 is 0 Å². The summed E-state index contributed by atoms with van der Waals surface area (Å²) in [5.74, 6) is 3.79. The number of rotatable bonds is 2. The molecule has 0 aliphatic carbocycles. The maximum Gasteiger partial charge on any atom is 0.211 e. The summed E-state index contributed by atoms with van der Waals surface area (Å²) in [4.78, 5) is 11.7. The van der Waals surface area contributed by atoms with E-state index in [1.165, 1.54) is 0 Å². The van der Waals surface area contributed by atoms with Crippen LogP contribution in [0.1, 0.15) is 10.6 Å². The number of carbonyl (C=O) groups excluding carboxylic acids is 1. The predicted octanol–water partition coefficient (Wildman–Crippen LogP) is 2.31. The van der Waals surface area contributed by atoms with Crippen LogP contribution < -0.4 is 0 Å². The van der Waals surface area contributed by atoms with Crippen LogP contribution in [0.2, 0.25) is 0 Å². The fourth-order valence-corrected chi connectivity index (χ4v) is 3.83. The second-order valence-electron chi connectivity index (χ2n) is 2.78. The summed E-state index contributed by atoms with van der Waals surface area (Å²) in [6, 6.07) is 3.50. The van der Waals surface area contributed by atoms with Crippen LogP contribution in [0.15, 0.2) is 22.8 Å². The molecule has 0 saturated carbocycles. The second kappa shape index (κ2) is 4.24. The first-order valence-electron chi connectivity index (χ1n) is 4.15. The molecular formula is C9H10O2S2. The Balaban J connectivity index is 2.04. The van der Waals surface area contributed by atoms with Crippen molar-refractivity contribution < 1.29 is 9.21 Å². The molecule has 0 amide bonds. The second-order valence-corrected chi connectivity index (χ2v) is 5.24. The number of ketones is 1. The van der Waals surface area contributed by atoms with Crippen molar-refractivity contribution in [3.63, 3.8) is 0 Å². The third-order valence-corrected chi connectivity index (χ3v) is 4.63. The lowest BCUT2D eigenvalue weighted by Crippen LogP contribution is -2.23. The quantitative estimate of drug-likeness (QED) is 0.707. The lowest BCUT2D eigenvalue weighted by molar-refractivity contribution is 0.0968. The molecule has 2 nitrogen and oxygen atoms in total. The van der Waals surface area contributed by atoms with Gasteiger partial charge in [0.15, 0.2) is 5.76 Å². The molecule has 1 aliphatic rings. The SMILES string of the molecule is O=C(c1ccco1)C1CSCCS1. The standard InChI is InChI=1S/C9H10O2S2/c10-9(7-2-1-3-11-7)8-6-12-4-5-13-8/h1-3,8H,4-6H2. The number of hydrogen-bond acceptors (Lipinski definition) is 4. The van der Waals surface area contributed by atoms with Crippen molar-refractivity contribution in [2.45, 2.75) is 5.25 Å². The van der Waals surface area contributed by atoms with E-state index in [0.717, 1.165) is 17.3 Å². The summed E-state index contributed by atoms with van der Waals surface area (Å²) in [6.07, 6.45) is 1.55. The third-order valence-electron chi connectivity index (χ3n) is 1.87. The molecule has 1 saturated heterocycles. The highest BCUT2D eigenvalue weighted by molar-refractivity contribution is 8.07. The van der Waals surface area contributed by atoms with Crippen LogP contribution in [0, 0.1) is 0 Å². The van der Waals surface area contributed by atoms with Gasteiger partial charge in [0, 0.05) is 17.3 Å². The fraction of sp³-hybridized carbons (Fsp3) is 0.444. The maximum atomic E-state index is 11.7. The molecule has 0 spiro atoms. The van der Waals surface area contributed by atoms with Crippen molar-refractivity contribution in [2.24, 2.45) is 0 Å². The topological polar surface area (TPSA) is 30.2 Å². The Kier molecular flexibility index (Phi) is 3.01. The highest BCUT2D eigenvalue weighted by Crippen LogP contribution is 2.26. The zero-order valence-corrected chi connectivity index (χ0v) is 8.70. The minimum atomic E-state index is 0.102. The number of Topliss-reactive ketones (excluding diaryl/α,β-unsaturated/α-hetero) is 1. The van der Waals surface area contributed by atoms with E-state index >= 15 is 0 Å². The van der Waals surface area contributed by atoms with Crippen LogP contribution in [0.25, 0.3) is 0 Å². The largest absolute Gasteiger partial charge is 0.461 e. The first kappa shape index (κ1) is 9.21. The Morgan fingerprint density at radius 1 is 1.54 bits per heavy atom. The van der Waals surface area contributed by atoms with Crippen molar-refractivity contribution in [1.82, 2.24) is 0 Å². The zero-order chi connectivity index (χ0) is 9.10. The lowest BCUT2D eigenvalue weighted by Gasteiger charge is -2.18. The van der Waals surface area contributed by atoms with Crippen molar-refractivity contribution in [3.05, 3.63) is 24.2 Å². The number of thioether (sulfide) groups is 2. The van der Waals surface area contributed by atoms with Crippen LogP contribution in [0.5, 0.6) is 0 Å². The van der Waals surface area contributed by atoms with E-state index in [1.807, 2.05) is 11.8 Å². The number of hydrogen-bond donors (Lipinski definition) is 0. The van der Waals surface area contributed by atoms with Gasteiger partial charge in [-0.2, -0.15) is 11.8 Å². The molecule has 2 rings (SSSR count). The molecule has 0 aromatic carbocycles. The Hall–Kier alpha value is -0.350. The fourth-order valence-electron chi connectivity index (χ4n) is 1.22. The molecule has 4 heteroatoms. The average Bonchev–Trinajstić information content (AvgIpc) is 2.71. The van der Waals surface area contributed by atoms with Crippen molar-refractivity contribution in [2.75, 3.05) is 17.3 Å². The van der Waals surface area contributed by atoms with Gasteiger partial charge in [-0.05, 0) is 12.1 Å². The number of carbonyl (C=O) groups is 1. The van der Waals surface area contributed by atoms with E-state index in [2.05, 4.69) is 0 Å². The Labute approximate surface area is 85.5 Å². The molecule has 1 unspecified atom stereocenters. The molecule has 1 aliphatic heterocycles. The highest BCUT2D eigenvalue weighted by atomic mass is 32.2. The van der Waals surface area contributed by atoms with Crippen molar-refractivity contribution in [3.8, 4) is 0 Å². The minimum absolute atomic E-state index is 0.102. The van der Waals surface area contributed by atoms with E-state index in [4.69, 9.17) is 4.42 Å². The molecule has 13 heavy (non-hydrogen) atoms. The monoisotopic (exact) mass is 214 g/mol. The van der Waals surface area contributed by atoms with E-state index in [-0.39, 0.29) is 11.0 Å². The van der Waals surface area contributed by atoms with Crippen molar-refractivity contribution >= 4 is 29.3 Å². The number of furan rings is 1. The van der Waals surface area contributed by atoms with Gasteiger partial charge < -0.3 is 4.42 Å². The summed E-state index contributed by atoms with van der Waals surface area (Å²) in [6.45, 7) is 0. The van der Waals surface area contributed by atoms with Crippen molar-refractivity contribution in [1.29, 1.82) is 0 Å². The van der Waals surface area contributed by atoms with Crippen LogP contribution >= 0.6 is 23.5 Å². The average molecular weight is 214 g/mol. The zero-order valence-electron chi connectivity index (χ0n) is 7.06. The van der Waals surface area contributed by atoms with Gasteiger partial charge in [-0.3, -0.25) is 4.79 Å². The van der Waals surface area contributed by atoms with Crippen LogP contribution in [0.4, 0.5) is 0 Å². The Morgan fingerprint density at radius 2 is 2.46 bits per heavy atom. The molecule has 1 aromatic rings. The summed E-state index contributed by atoms with van der Waals surface area (Å²) < 4.78 is 5.08.